The highest BCUT2D eigenvalue weighted by molar-refractivity contribution is 6.34. The van der Waals surface area contributed by atoms with Crippen LogP contribution in [0.25, 0.3) is 11.6 Å². The van der Waals surface area contributed by atoms with Crippen LogP contribution in [0.2, 0.25) is 5.02 Å². The van der Waals surface area contributed by atoms with Crippen LogP contribution in [0.15, 0.2) is 31.0 Å². The van der Waals surface area contributed by atoms with Crippen LogP contribution in [0, 0.1) is 0 Å². The fourth-order valence-corrected chi connectivity index (χ4v) is 5.88. The zero-order valence-electron chi connectivity index (χ0n) is 23.9. The summed E-state index contributed by atoms with van der Waals surface area (Å²) in [5.74, 6) is 2.75. The smallest absolute Gasteiger partial charge is 0.246 e. The Labute approximate surface area is 246 Å². The van der Waals surface area contributed by atoms with Gasteiger partial charge in [-0.25, -0.2) is 4.98 Å². The molecule has 1 aromatic heterocycles. The summed E-state index contributed by atoms with van der Waals surface area (Å²) in [5.41, 5.74) is 2.84. The van der Waals surface area contributed by atoms with Crippen LogP contribution in [0.4, 0.5) is 11.8 Å². The van der Waals surface area contributed by atoms with Crippen molar-refractivity contribution in [3.8, 4) is 11.5 Å². The number of aromatic nitrogens is 2. The highest BCUT2D eigenvalue weighted by Crippen LogP contribution is 2.40. The molecule has 10 nitrogen and oxygen atoms in total. The SMILES string of the molecule is C=CC(=O)N1CCN(CCCN2CC(c3cc(OC)cc(OC)c3Cl)=Cc3cnc(NCC4CCCO4)nc32)CC1. The van der Waals surface area contributed by atoms with Crippen molar-refractivity contribution < 1.29 is 19.0 Å². The third kappa shape index (κ3) is 6.94. The maximum absolute atomic E-state index is 11.9. The lowest BCUT2D eigenvalue weighted by Gasteiger charge is -2.35. The summed E-state index contributed by atoms with van der Waals surface area (Å²) < 4.78 is 16.8. The van der Waals surface area contributed by atoms with Gasteiger partial charge < -0.3 is 29.3 Å². The van der Waals surface area contributed by atoms with E-state index in [1.165, 1.54) is 6.08 Å². The van der Waals surface area contributed by atoms with Crippen LogP contribution in [-0.4, -0.2) is 105 Å². The Kier molecular flexibility index (Phi) is 9.64. The Morgan fingerprint density at radius 2 is 2.05 bits per heavy atom. The predicted octanol–water partition coefficient (Wildman–Crippen LogP) is 3.82. The molecular weight excluding hydrogens is 544 g/mol. The first-order chi connectivity index (χ1) is 20.0. The van der Waals surface area contributed by atoms with Crippen LogP contribution < -0.4 is 19.7 Å². The molecule has 11 heteroatoms. The topological polar surface area (TPSA) is 92.3 Å². The molecule has 1 atom stereocenters. The predicted molar refractivity (Wildman–Crippen MR) is 162 cm³/mol. The second-order valence-corrected chi connectivity index (χ2v) is 10.9. The number of fused-ring (bicyclic) bond motifs is 1. The summed E-state index contributed by atoms with van der Waals surface area (Å²) in [7, 11) is 3.24. The van der Waals surface area contributed by atoms with Gasteiger partial charge in [0.25, 0.3) is 0 Å². The van der Waals surface area contributed by atoms with Crippen molar-refractivity contribution in [2.24, 2.45) is 0 Å². The summed E-state index contributed by atoms with van der Waals surface area (Å²) in [6.07, 6.45) is 8.65. The molecule has 220 valence electrons. The molecule has 0 aliphatic carbocycles. The lowest BCUT2D eigenvalue weighted by atomic mass is 9.98. The Morgan fingerprint density at radius 3 is 2.76 bits per heavy atom. The van der Waals surface area contributed by atoms with Gasteiger partial charge >= 0.3 is 0 Å². The van der Waals surface area contributed by atoms with E-state index in [4.69, 9.17) is 30.8 Å². The van der Waals surface area contributed by atoms with E-state index >= 15 is 0 Å². The summed E-state index contributed by atoms with van der Waals surface area (Å²) in [4.78, 5) is 28.0. The number of anilines is 2. The van der Waals surface area contributed by atoms with E-state index < -0.39 is 0 Å². The van der Waals surface area contributed by atoms with Gasteiger partial charge in [0.05, 0.1) is 25.3 Å². The van der Waals surface area contributed by atoms with Gasteiger partial charge in [0, 0.05) is 75.8 Å². The third-order valence-electron chi connectivity index (χ3n) is 7.87. The van der Waals surface area contributed by atoms with Crippen LogP contribution in [0.5, 0.6) is 11.5 Å². The van der Waals surface area contributed by atoms with Crippen molar-refractivity contribution in [2.75, 3.05) is 83.4 Å². The van der Waals surface area contributed by atoms with Crippen LogP contribution >= 0.6 is 11.6 Å². The quantitative estimate of drug-likeness (QED) is 0.397. The molecule has 0 radical (unpaired) electrons. The van der Waals surface area contributed by atoms with Gasteiger partial charge in [-0.15, -0.1) is 0 Å². The Balaban J connectivity index is 1.34. The molecule has 5 rings (SSSR count). The summed E-state index contributed by atoms with van der Waals surface area (Å²) in [6.45, 7) is 10.7. The zero-order chi connectivity index (χ0) is 28.8. The van der Waals surface area contributed by atoms with Gasteiger partial charge in [-0.2, -0.15) is 4.98 Å². The van der Waals surface area contributed by atoms with Crippen molar-refractivity contribution in [3.05, 3.63) is 47.1 Å². The fraction of sp³-hybridized carbons (Fsp3) is 0.500. The highest BCUT2D eigenvalue weighted by atomic mass is 35.5. The van der Waals surface area contributed by atoms with Gasteiger partial charge in [-0.05, 0) is 49.6 Å². The van der Waals surface area contributed by atoms with Crippen molar-refractivity contribution in [2.45, 2.75) is 25.4 Å². The molecule has 3 aliphatic heterocycles. The van der Waals surface area contributed by atoms with Crippen LogP contribution in [0.1, 0.15) is 30.4 Å². The number of halogens is 1. The summed E-state index contributed by atoms with van der Waals surface area (Å²) in [6, 6.07) is 3.74. The van der Waals surface area contributed by atoms with Crippen molar-refractivity contribution in [3.63, 3.8) is 0 Å². The lowest BCUT2D eigenvalue weighted by Crippen LogP contribution is -2.48. The number of hydrogen-bond acceptors (Lipinski definition) is 9. The van der Waals surface area contributed by atoms with Gasteiger partial charge in [-0.1, -0.05) is 18.2 Å². The molecule has 0 bridgehead atoms. The average molecular weight is 583 g/mol. The van der Waals surface area contributed by atoms with Crippen LogP contribution in [-0.2, 0) is 9.53 Å². The number of methoxy groups -OCH3 is 2. The Bertz CT molecular complexity index is 1270. The number of nitrogens with one attached hydrogen (secondary N) is 1. The Morgan fingerprint density at radius 1 is 1.22 bits per heavy atom. The summed E-state index contributed by atoms with van der Waals surface area (Å²) in [5, 5.41) is 3.92. The van der Waals surface area contributed by atoms with E-state index in [1.807, 2.05) is 17.2 Å². The number of carbonyl (C=O) groups excluding carboxylic acids is 1. The van der Waals surface area contributed by atoms with E-state index in [9.17, 15) is 4.79 Å². The molecule has 2 saturated heterocycles. The molecule has 1 amide bonds. The van der Waals surface area contributed by atoms with Crippen molar-refractivity contribution in [1.29, 1.82) is 0 Å². The molecule has 1 N–H and O–H groups in total. The maximum atomic E-state index is 11.9. The normalized spacial score (nSPS) is 19.0. The van der Waals surface area contributed by atoms with E-state index in [2.05, 4.69) is 32.8 Å². The van der Waals surface area contributed by atoms with E-state index in [1.54, 1.807) is 20.3 Å². The number of rotatable bonds is 11. The minimum absolute atomic E-state index is 0.00492. The average Bonchev–Trinajstić information content (AvgIpc) is 3.54. The van der Waals surface area contributed by atoms with Gasteiger partial charge in [0.15, 0.2) is 0 Å². The number of nitrogens with zero attached hydrogens (tertiary/aromatic N) is 5. The highest BCUT2D eigenvalue weighted by Gasteiger charge is 2.25. The molecule has 4 heterocycles. The number of piperazine rings is 1. The first kappa shape index (κ1) is 29.2. The number of benzene rings is 1. The molecule has 2 aromatic rings. The van der Waals surface area contributed by atoms with E-state index in [-0.39, 0.29) is 12.0 Å². The minimum Gasteiger partial charge on any atom is -0.497 e. The second kappa shape index (κ2) is 13.5. The zero-order valence-corrected chi connectivity index (χ0v) is 24.7. The molecular formula is C30H39ClN6O4. The molecule has 41 heavy (non-hydrogen) atoms. The minimum atomic E-state index is 0.00492. The first-order valence-corrected chi connectivity index (χ1v) is 14.6. The van der Waals surface area contributed by atoms with Gasteiger partial charge in [0.1, 0.15) is 17.3 Å². The second-order valence-electron chi connectivity index (χ2n) is 10.5. The first-order valence-electron chi connectivity index (χ1n) is 14.2. The number of hydrogen-bond donors (Lipinski definition) is 1. The maximum Gasteiger partial charge on any atom is 0.246 e. The van der Waals surface area contributed by atoms with Crippen molar-refractivity contribution >= 4 is 40.9 Å². The molecule has 1 unspecified atom stereocenters. The van der Waals surface area contributed by atoms with Crippen molar-refractivity contribution in [1.82, 2.24) is 19.8 Å². The largest absolute Gasteiger partial charge is 0.497 e. The van der Waals surface area contributed by atoms with Gasteiger partial charge in [0.2, 0.25) is 11.9 Å². The van der Waals surface area contributed by atoms with E-state index in [0.717, 1.165) is 87.7 Å². The monoisotopic (exact) mass is 582 g/mol. The molecule has 2 fully saturated rings. The number of ether oxygens (including phenoxy) is 3. The molecule has 0 saturated carbocycles. The number of amides is 1. The Hall–Kier alpha value is -3.34. The number of carbonyl (C=O) groups is 1. The molecule has 1 aromatic carbocycles. The van der Waals surface area contributed by atoms with Gasteiger partial charge in [-0.3, -0.25) is 9.69 Å². The molecule has 0 spiro atoms. The summed E-state index contributed by atoms with van der Waals surface area (Å²) >= 11 is 6.79. The van der Waals surface area contributed by atoms with E-state index in [0.29, 0.717) is 35.6 Å². The lowest BCUT2D eigenvalue weighted by molar-refractivity contribution is -0.127. The molecule has 3 aliphatic rings. The standard InChI is InChI=1S/C30H39ClN6O4/c1-4-27(38)36-12-10-35(11-13-36)8-6-9-37-20-22(25-16-24(39-2)17-26(40-3)28(25)31)15-21-18-32-30(34-29(21)37)33-19-23-7-5-14-41-23/h4,15-18,23H,1,5-14,19-20H2,2-3H3,(H,32,33,34). The third-order valence-corrected chi connectivity index (χ3v) is 8.26. The fourth-order valence-electron chi connectivity index (χ4n) is 5.57. The van der Waals surface area contributed by atoms with Crippen LogP contribution in [0.3, 0.4) is 0 Å².